The molecule has 2 aliphatic rings. The van der Waals surface area contributed by atoms with Crippen molar-refractivity contribution in [1.82, 2.24) is 4.90 Å². The highest BCUT2D eigenvalue weighted by molar-refractivity contribution is 6.19. The third-order valence-electron chi connectivity index (χ3n) is 5.00. The Kier molecular flexibility index (Phi) is 4.68. The zero-order valence-corrected chi connectivity index (χ0v) is 14.9. The van der Waals surface area contributed by atoms with Crippen molar-refractivity contribution in [1.29, 1.82) is 0 Å². The van der Waals surface area contributed by atoms with E-state index in [1.165, 1.54) is 12.1 Å². The van der Waals surface area contributed by atoms with Gasteiger partial charge in [0.25, 0.3) is 5.69 Å². The lowest BCUT2D eigenvalue weighted by Gasteiger charge is -2.27. The molecule has 0 atom stereocenters. The van der Waals surface area contributed by atoms with Crippen LogP contribution in [-0.4, -0.2) is 47.7 Å². The summed E-state index contributed by atoms with van der Waals surface area (Å²) in [5, 5.41) is 11.3. The van der Waals surface area contributed by atoms with Crippen LogP contribution < -0.4 is 4.90 Å². The van der Waals surface area contributed by atoms with E-state index in [4.69, 9.17) is 0 Å². The van der Waals surface area contributed by atoms with Gasteiger partial charge in [0.2, 0.25) is 5.91 Å². The number of anilines is 1. The Balaban J connectivity index is 1.82. The van der Waals surface area contributed by atoms with Crippen LogP contribution in [0.5, 0.6) is 0 Å². The summed E-state index contributed by atoms with van der Waals surface area (Å²) in [5.74, 6) is -0.0945. The molecule has 2 aromatic carbocycles. The number of non-ortho nitro benzene ring substituents is 1. The van der Waals surface area contributed by atoms with Crippen molar-refractivity contribution in [2.45, 2.75) is 12.8 Å². The molecule has 0 unspecified atom stereocenters. The molecular formula is C20H20N4O3. The van der Waals surface area contributed by atoms with Gasteiger partial charge < -0.3 is 0 Å². The lowest BCUT2D eigenvalue weighted by atomic mass is 9.99. The highest BCUT2D eigenvalue weighted by Crippen LogP contribution is 2.31. The fraction of sp³-hybridized carbons (Fsp3) is 0.300. The monoisotopic (exact) mass is 364 g/mol. The van der Waals surface area contributed by atoms with Crippen molar-refractivity contribution in [3.63, 3.8) is 0 Å². The molecule has 7 nitrogen and oxygen atoms in total. The second-order valence-corrected chi connectivity index (χ2v) is 6.78. The lowest BCUT2D eigenvalue weighted by molar-refractivity contribution is -0.384. The predicted octanol–water partition coefficient (Wildman–Crippen LogP) is 2.83. The Labute approximate surface area is 157 Å². The summed E-state index contributed by atoms with van der Waals surface area (Å²) in [7, 11) is 0. The number of carbonyl (C=O) groups excluding carboxylic acids is 1. The molecule has 1 fully saturated rings. The average molecular weight is 364 g/mol. The second kappa shape index (κ2) is 7.28. The number of rotatable bonds is 4. The summed E-state index contributed by atoms with van der Waals surface area (Å²) in [6.45, 7) is 2.43. The number of aliphatic imine (C=N–C) groups is 1. The van der Waals surface area contributed by atoms with Crippen LogP contribution in [0.3, 0.4) is 0 Å². The molecule has 2 aliphatic heterocycles. The molecule has 2 heterocycles. The van der Waals surface area contributed by atoms with Gasteiger partial charge in [0.1, 0.15) is 6.54 Å². The van der Waals surface area contributed by atoms with E-state index < -0.39 is 4.92 Å². The Morgan fingerprint density at radius 3 is 2.52 bits per heavy atom. The van der Waals surface area contributed by atoms with Crippen LogP contribution >= 0.6 is 0 Å². The van der Waals surface area contributed by atoms with Gasteiger partial charge in [-0.3, -0.25) is 29.7 Å². The number of nitrogens with zero attached hydrogens (tertiary/aromatic N) is 4. The number of hydrogen-bond acceptors (Lipinski definition) is 5. The molecular weight excluding hydrogens is 344 g/mol. The predicted molar refractivity (Wildman–Crippen MR) is 103 cm³/mol. The van der Waals surface area contributed by atoms with Crippen LogP contribution in [-0.2, 0) is 4.79 Å². The SMILES string of the molecule is O=C1CN=C(c2ccccc2)c2cc([N+](=O)[O-])ccc2N1CN1CCCC1. The summed E-state index contributed by atoms with van der Waals surface area (Å²) in [5.41, 5.74) is 2.76. The molecule has 138 valence electrons. The number of nitro groups is 1. The first-order valence-corrected chi connectivity index (χ1v) is 9.05. The number of hydrogen-bond donors (Lipinski definition) is 0. The maximum Gasteiger partial charge on any atom is 0.270 e. The number of benzodiazepines with no additional fused rings is 1. The van der Waals surface area contributed by atoms with Crippen molar-refractivity contribution in [2.75, 3.05) is 31.2 Å². The van der Waals surface area contributed by atoms with E-state index in [1.54, 1.807) is 11.0 Å². The molecule has 4 rings (SSSR count). The van der Waals surface area contributed by atoms with Crippen molar-refractivity contribution in [3.05, 3.63) is 69.8 Å². The minimum absolute atomic E-state index is 0.00662. The largest absolute Gasteiger partial charge is 0.297 e. The molecule has 0 saturated carbocycles. The number of amides is 1. The number of carbonyl (C=O) groups is 1. The quantitative estimate of drug-likeness (QED) is 0.617. The van der Waals surface area contributed by atoms with Gasteiger partial charge >= 0.3 is 0 Å². The van der Waals surface area contributed by atoms with E-state index >= 15 is 0 Å². The number of nitro benzene ring substituents is 1. The zero-order chi connectivity index (χ0) is 18.8. The zero-order valence-electron chi connectivity index (χ0n) is 14.9. The molecule has 0 N–H and O–H groups in total. The molecule has 0 aliphatic carbocycles. The fourth-order valence-electron chi connectivity index (χ4n) is 3.64. The first-order valence-electron chi connectivity index (χ1n) is 9.05. The van der Waals surface area contributed by atoms with Gasteiger partial charge in [-0.15, -0.1) is 0 Å². The molecule has 2 aromatic rings. The van der Waals surface area contributed by atoms with Crippen LogP contribution in [0.1, 0.15) is 24.0 Å². The number of benzene rings is 2. The van der Waals surface area contributed by atoms with E-state index in [9.17, 15) is 14.9 Å². The second-order valence-electron chi connectivity index (χ2n) is 6.78. The minimum Gasteiger partial charge on any atom is -0.297 e. The Hall–Kier alpha value is -3.06. The Morgan fingerprint density at radius 2 is 1.81 bits per heavy atom. The van der Waals surface area contributed by atoms with Gasteiger partial charge in [-0.05, 0) is 32.0 Å². The van der Waals surface area contributed by atoms with Gasteiger partial charge in [0.15, 0.2) is 0 Å². The molecule has 27 heavy (non-hydrogen) atoms. The van der Waals surface area contributed by atoms with Gasteiger partial charge in [-0.2, -0.15) is 0 Å². The van der Waals surface area contributed by atoms with E-state index in [2.05, 4.69) is 9.89 Å². The van der Waals surface area contributed by atoms with Crippen LogP contribution in [0, 0.1) is 10.1 Å². The van der Waals surface area contributed by atoms with E-state index in [1.807, 2.05) is 30.3 Å². The summed E-state index contributed by atoms with van der Waals surface area (Å²) in [6, 6.07) is 14.1. The van der Waals surface area contributed by atoms with E-state index in [0.717, 1.165) is 31.5 Å². The molecule has 7 heteroatoms. The van der Waals surface area contributed by atoms with Crippen LogP contribution in [0.25, 0.3) is 0 Å². The van der Waals surface area contributed by atoms with Crippen LogP contribution in [0.2, 0.25) is 0 Å². The molecule has 1 amide bonds. The maximum atomic E-state index is 12.8. The Morgan fingerprint density at radius 1 is 1.07 bits per heavy atom. The van der Waals surface area contributed by atoms with Crippen LogP contribution in [0.4, 0.5) is 11.4 Å². The van der Waals surface area contributed by atoms with Crippen molar-refractivity contribution in [3.8, 4) is 0 Å². The minimum atomic E-state index is -0.416. The molecule has 0 aromatic heterocycles. The summed E-state index contributed by atoms with van der Waals surface area (Å²) < 4.78 is 0. The van der Waals surface area contributed by atoms with Gasteiger partial charge in [-0.1, -0.05) is 30.3 Å². The van der Waals surface area contributed by atoms with Crippen molar-refractivity contribution >= 4 is 23.0 Å². The van der Waals surface area contributed by atoms with Gasteiger partial charge in [-0.25, -0.2) is 0 Å². The number of fused-ring (bicyclic) bond motifs is 1. The standard InChI is InChI=1S/C20H20N4O3/c25-19-13-21-20(15-6-2-1-3-7-15)17-12-16(24(26)27)8-9-18(17)23(19)14-22-10-4-5-11-22/h1-3,6-9,12H,4-5,10-11,13-14H2. The summed E-state index contributed by atoms with van der Waals surface area (Å²) >= 11 is 0. The topological polar surface area (TPSA) is 79.0 Å². The van der Waals surface area contributed by atoms with E-state index in [0.29, 0.717) is 23.6 Å². The summed E-state index contributed by atoms with van der Waals surface area (Å²) in [6.07, 6.45) is 2.25. The first-order chi connectivity index (χ1) is 13.1. The van der Waals surface area contributed by atoms with Crippen LogP contribution in [0.15, 0.2) is 53.5 Å². The smallest absolute Gasteiger partial charge is 0.270 e. The average Bonchev–Trinajstić information content (AvgIpc) is 3.15. The normalized spacial score (nSPS) is 17.4. The van der Waals surface area contributed by atoms with Gasteiger partial charge in [0.05, 0.1) is 23.0 Å². The fourth-order valence-corrected chi connectivity index (χ4v) is 3.64. The Bertz CT molecular complexity index is 905. The molecule has 0 bridgehead atoms. The van der Waals surface area contributed by atoms with Gasteiger partial charge in [0, 0.05) is 23.3 Å². The van der Waals surface area contributed by atoms with E-state index in [-0.39, 0.29) is 18.1 Å². The molecule has 0 radical (unpaired) electrons. The first kappa shape index (κ1) is 17.4. The van der Waals surface area contributed by atoms with Crippen molar-refractivity contribution in [2.24, 2.45) is 4.99 Å². The highest BCUT2D eigenvalue weighted by atomic mass is 16.6. The van der Waals surface area contributed by atoms with Crippen molar-refractivity contribution < 1.29 is 9.72 Å². The summed E-state index contributed by atoms with van der Waals surface area (Å²) in [4.78, 5) is 32.2. The third kappa shape index (κ3) is 3.46. The highest BCUT2D eigenvalue weighted by Gasteiger charge is 2.28. The maximum absolute atomic E-state index is 12.8. The molecule has 1 saturated heterocycles. The lowest BCUT2D eigenvalue weighted by Crippen LogP contribution is -2.41. The molecule has 0 spiro atoms. The number of likely N-dealkylation sites (tertiary alicyclic amines) is 1. The third-order valence-corrected chi connectivity index (χ3v) is 5.00.